The first-order valence-corrected chi connectivity index (χ1v) is 8.53. The minimum absolute atomic E-state index is 0.00834. The fraction of sp³-hybridized carbons (Fsp3) is 0.0714. The van der Waals surface area contributed by atoms with Gasteiger partial charge in [-0.1, -0.05) is 23.2 Å². The van der Waals surface area contributed by atoms with Crippen LogP contribution in [0.2, 0.25) is 10.0 Å². The fourth-order valence-corrected chi connectivity index (χ4v) is 2.76. The minimum Gasteiger partial charge on any atom is -0.478 e. The van der Waals surface area contributed by atoms with E-state index >= 15 is 0 Å². The largest absolute Gasteiger partial charge is 0.478 e. The predicted octanol–water partition coefficient (Wildman–Crippen LogP) is 3.89. The molecule has 0 saturated heterocycles. The number of benzene rings is 2. The van der Waals surface area contributed by atoms with Crippen LogP contribution in [0.5, 0.6) is 11.5 Å². The Labute approximate surface area is 137 Å². The van der Waals surface area contributed by atoms with Crippen LogP contribution in [-0.4, -0.2) is 25.7 Å². The Morgan fingerprint density at radius 3 is 2.32 bits per heavy atom. The maximum Gasteiger partial charge on any atom is 0.339 e. The van der Waals surface area contributed by atoms with Crippen molar-refractivity contribution in [3.63, 3.8) is 0 Å². The minimum atomic E-state index is -3.40. The molecule has 116 valence electrons. The summed E-state index contributed by atoms with van der Waals surface area (Å²) in [5.41, 5.74) is -0.0901. The third-order valence-electron chi connectivity index (χ3n) is 2.73. The van der Waals surface area contributed by atoms with Gasteiger partial charge in [0.2, 0.25) is 0 Å². The van der Waals surface area contributed by atoms with Gasteiger partial charge in [0.1, 0.15) is 17.1 Å². The van der Waals surface area contributed by atoms with Crippen LogP contribution < -0.4 is 4.74 Å². The lowest BCUT2D eigenvalue weighted by Crippen LogP contribution is -2.01. The van der Waals surface area contributed by atoms with E-state index in [-0.39, 0.29) is 27.0 Å². The molecule has 22 heavy (non-hydrogen) atoms. The van der Waals surface area contributed by atoms with Crippen LogP contribution in [0.4, 0.5) is 0 Å². The van der Waals surface area contributed by atoms with Gasteiger partial charge in [-0.05, 0) is 30.3 Å². The molecule has 0 saturated carbocycles. The van der Waals surface area contributed by atoms with Gasteiger partial charge in [0, 0.05) is 17.3 Å². The molecule has 0 aliphatic heterocycles. The molecular weight excluding hydrogens is 351 g/mol. The van der Waals surface area contributed by atoms with Crippen LogP contribution in [-0.2, 0) is 9.84 Å². The van der Waals surface area contributed by atoms with E-state index in [4.69, 9.17) is 33.0 Å². The molecule has 2 rings (SSSR count). The van der Waals surface area contributed by atoms with Crippen molar-refractivity contribution in [3.8, 4) is 11.5 Å². The van der Waals surface area contributed by atoms with E-state index in [2.05, 4.69) is 0 Å². The summed E-state index contributed by atoms with van der Waals surface area (Å²) in [6.07, 6.45) is 1.05. The zero-order chi connectivity index (χ0) is 16.5. The molecule has 0 fully saturated rings. The Morgan fingerprint density at radius 2 is 1.77 bits per heavy atom. The number of hydrogen-bond donors (Lipinski definition) is 1. The second kappa shape index (κ2) is 6.16. The number of aromatic carboxylic acids is 1. The second-order valence-electron chi connectivity index (χ2n) is 4.41. The normalized spacial score (nSPS) is 11.2. The summed E-state index contributed by atoms with van der Waals surface area (Å²) < 4.78 is 28.4. The monoisotopic (exact) mass is 360 g/mol. The number of carboxylic acid groups (broad SMARTS) is 1. The number of sulfone groups is 1. The molecule has 0 aliphatic carbocycles. The van der Waals surface area contributed by atoms with Gasteiger partial charge in [-0.3, -0.25) is 0 Å². The maximum absolute atomic E-state index is 11.4. The van der Waals surface area contributed by atoms with Gasteiger partial charge in [-0.2, -0.15) is 0 Å². The molecule has 2 aromatic rings. The van der Waals surface area contributed by atoms with E-state index in [0.717, 1.165) is 6.26 Å². The van der Waals surface area contributed by atoms with Crippen molar-refractivity contribution in [1.29, 1.82) is 0 Å². The van der Waals surface area contributed by atoms with Crippen molar-refractivity contribution < 1.29 is 23.1 Å². The molecule has 0 amide bonds. The summed E-state index contributed by atoms with van der Waals surface area (Å²) in [5, 5.41) is 9.46. The van der Waals surface area contributed by atoms with E-state index in [0.29, 0.717) is 5.02 Å². The average molecular weight is 361 g/mol. The topological polar surface area (TPSA) is 80.7 Å². The van der Waals surface area contributed by atoms with Crippen LogP contribution in [0, 0.1) is 0 Å². The molecule has 0 aliphatic rings. The van der Waals surface area contributed by atoms with Gasteiger partial charge >= 0.3 is 5.97 Å². The van der Waals surface area contributed by atoms with Crippen molar-refractivity contribution >= 4 is 39.0 Å². The van der Waals surface area contributed by atoms with Gasteiger partial charge in [0.05, 0.1) is 9.92 Å². The highest BCUT2D eigenvalue weighted by molar-refractivity contribution is 7.90. The standard InChI is InChI=1S/C14H10Cl2O5S/c1-22(19,20)9-3-5-12(11(16)7-9)21-13-6-8(15)2-4-10(13)14(17)18/h2-7H,1H3,(H,17,18). The first-order chi connectivity index (χ1) is 10.2. The van der Waals surface area contributed by atoms with Crippen molar-refractivity contribution in [2.45, 2.75) is 4.90 Å². The van der Waals surface area contributed by atoms with E-state index in [9.17, 15) is 13.2 Å². The van der Waals surface area contributed by atoms with Gasteiger partial charge in [-0.25, -0.2) is 13.2 Å². The van der Waals surface area contributed by atoms with Gasteiger partial charge < -0.3 is 9.84 Å². The van der Waals surface area contributed by atoms with Crippen LogP contribution in [0.15, 0.2) is 41.3 Å². The van der Waals surface area contributed by atoms with Gasteiger partial charge in [0.25, 0.3) is 0 Å². The van der Waals surface area contributed by atoms with Gasteiger partial charge in [0.15, 0.2) is 9.84 Å². The summed E-state index contributed by atoms with van der Waals surface area (Å²) in [4.78, 5) is 11.2. The zero-order valence-electron chi connectivity index (χ0n) is 11.2. The molecule has 5 nitrogen and oxygen atoms in total. The molecule has 0 atom stereocenters. The smallest absolute Gasteiger partial charge is 0.339 e. The number of rotatable bonds is 4. The third-order valence-corrected chi connectivity index (χ3v) is 4.37. The Morgan fingerprint density at radius 1 is 1.09 bits per heavy atom. The lowest BCUT2D eigenvalue weighted by molar-refractivity contribution is 0.0694. The molecule has 0 radical (unpaired) electrons. The highest BCUT2D eigenvalue weighted by Gasteiger charge is 2.16. The predicted molar refractivity (Wildman–Crippen MR) is 83.0 cm³/mol. The zero-order valence-corrected chi connectivity index (χ0v) is 13.5. The quantitative estimate of drug-likeness (QED) is 0.894. The summed E-state index contributed by atoms with van der Waals surface area (Å²) in [7, 11) is -3.40. The molecule has 8 heteroatoms. The van der Waals surface area contributed by atoms with Crippen molar-refractivity contribution in [1.82, 2.24) is 0 Å². The van der Waals surface area contributed by atoms with Crippen LogP contribution in [0.3, 0.4) is 0 Å². The Bertz CT molecular complexity index is 846. The Balaban J connectivity index is 2.44. The summed E-state index contributed by atoms with van der Waals surface area (Å²) in [6.45, 7) is 0. The van der Waals surface area contributed by atoms with Crippen LogP contribution in [0.25, 0.3) is 0 Å². The summed E-state index contributed by atoms with van der Waals surface area (Å²) in [5.74, 6) is -1.05. The fourth-order valence-electron chi connectivity index (χ4n) is 1.67. The first kappa shape index (κ1) is 16.6. The highest BCUT2D eigenvalue weighted by atomic mass is 35.5. The molecule has 0 unspecified atom stereocenters. The van der Waals surface area contributed by atoms with Crippen molar-refractivity contribution in [2.24, 2.45) is 0 Å². The number of halogens is 2. The van der Waals surface area contributed by atoms with E-state index in [1.165, 1.54) is 36.4 Å². The molecule has 0 spiro atoms. The lowest BCUT2D eigenvalue weighted by atomic mass is 10.2. The van der Waals surface area contributed by atoms with Crippen LogP contribution >= 0.6 is 23.2 Å². The second-order valence-corrected chi connectivity index (χ2v) is 7.27. The summed E-state index contributed by atoms with van der Waals surface area (Å²) in [6, 6.07) is 7.97. The van der Waals surface area contributed by atoms with E-state index in [1.54, 1.807) is 0 Å². The Kier molecular flexibility index (Phi) is 4.65. The molecule has 2 aromatic carbocycles. The average Bonchev–Trinajstić information content (AvgIpc) is 2.39. The maximum atomic E-state index is 11.4. The van der Waals surface area contributed by atoms with Crippen molar-refractivity contribution in [3.05, 3.63) is 52.0 Å². The van der Waals surface area contributed by atoms with Crippen molar-refractivity contribution in [2.75, 3.05) is 6.26 Å². The Hall–Kier alpha value is -1.76. The molecule has 0 heterocycles. The summed E-state index contributed by atoms with van der Waals surface area (Å²) >= 11 is 11.8. The molecular formula is C14H10Cl2O5S. The molecule has 0 aromatic heterocycles. The number of carboxylic acids is 1. The highest BCUT2D eigenvalue weighted by Crippen LogP contribution is 2.34. The number of hydrogen-bond acceptors (Lipinski definition) is 4. The number of carbonyl (C=O) groups is 1. The molecule has 1 N–H and O–H groups in total. The SMILES string of the molecule is CS(=O)(=O)c1ccc(Oc2cc(Cl)ccc2C(=O)O)c(Cl)c1. The van der Waals surface area contributed by atoms with Crippen LogP contribution in [0.1, 0.15) is 10.4 Å². The first-order valence-electron chi connectivity index (χ1n) is 5.89. The number of ether oxygens (including phenoxy) is 1. The lowest BCUT2D eigenvalue weighted by Gasteiger charge is -2.11. The van der Waals surface area contributed by atoms with E-state index < -0.39 is 15.8 Å². The van der Waals surface area contributed by atoms with E-state index in [1.807, 2.05) is 0 Å². The molecule has 0 bridgehead atoms. The van der Waals surface area contributed by atoms with Gasteiger partial charge in [-0.15, -0.1) is 0 Å². The third kappa shape index (κ3) is 3.71.